The minimum absolute atomic E-state index is 0.0736. The Kier molecular flexibility index (Phi) is 4.45. The second kappa shape index (κ2) is 6.97. The van der Waals surface area contributed by atoms with Crippen LogP contribution in [0.15, 0.2) is 54.7 Å². The number of aromatic nitrogens is 6. The molecule has 10 heteroatoms. The average Bonchev–Trinajstić information content (AvgIpc) is 3.17. The zero-order valence-electron chi connectivity index (χ0n) is 15.1. The van der Waals surface area contributed by atoms with Gasteiger partial charge in [-0.15, -0.1) is 5.10 Å². The molecule has 4 rings (SSSR count). The summed E-state index contributed by atoms with van der Waals surface area (Å²) < 4.78 is 40.9. The fraction of sp³-hybridized carbons (Fsp3) is 0.105. The molecule has 0 saturated carbocycles. The monoisotopic (exact) mass is 397 g/mol. The van der Waals surface area contributed by atoms with E-state index in [1.54, 1.807) is 0 Å². The standard InChI is InChI=1S/C19H14F3N7/c1-11-5-7-14(8-6-11)29-17(26-27-28-29)15-10-24-18(23)25-16(15)12-3-2-4-13(9-12)19(20,21)22/h2-10H,1H3,(H2,23,24,25). The lowest BCUT2D eigenvalue weighted by Crippen LogP contribution is -2.06. The molecular formula is C19H14F3N7. The van der Waals surface area contributed by atoms with Crippen molar-refractivity contribution in [1.82, 2.24) is 30.2 Å². The summed E-state index contributed by atoms with van der Waals surface area (Å²) in [5.74, 6) is 0.205. The van der Waals surface area contributed by atoms with E-state index in [2.05, 4.69) is 25.5 Å². The fourth-order valence-electron chi connectivity index (χ4n) is 2.84. The molecule has 0 unspecified atom stereocenters. The number of alkyl halides is 3. The molecule has 2 aromatic heterocycles. The van der Waals surface area contributed by atoms with Crippen LogP contribution in [0, 0.1) is 6.92 Å². The van der Waals surface area contributed by atoms with E-state index in [4.69, 9.17) is 5.73 Å². The number of benzene rings is 2. The van der Waals surface area contributed by atoms with Gasteiger partial charge in [0.25, 0.3) is 0 Å². The first-order valence-corrected chi connectivity index (χ1v) is 8.49. The van der Waals surface area contributed by atoms with Gasteiger partial charge in [0.1, 0.15) is 0 Å². The molecule has 2 N–H and O–H groups in total. The number of nitrogens with two attached hydrogens (primary N) is 1. The Morgan fingerprint density at radius 1 is 1.03 bits per heavy atom. The maximum atomic E-state index is 13.2. The minimum Gasteiger partial charge on any atom is -0.368 e. The Balaban J connectivity index is 1.89. The largest absolute Gasteiger partial charge is 0.416 e. The van der Waals surface area contributed by atoms with Gasteiger partial charge in [0.05, 0.1) is 22.5 Å². The number of anilines is 1. The summed E-state index contributed by atoms with van der Waals surface area (Å²) >= 11 is 0. The van der Waals surface area contributed by atoms with Crippen LogP contribution in [0.4, 0.5) is 19.1 Å². The number of hydrogen-bond donors (Lipinski definition) is 1. The van der Waals surface area contributed by atoms with E-state index in [-0.39, 0.29) is 23.0 Å². The summed E-state index contributed by atoms with van der Waals surface area (Å²) in [6.45, 7) is 1.95. The van der Waals surface area contributed by atoms with Gasteiger partial charge >= 0.3 is 6.18 Å². The molecule has 2 aromatic carbocycles. The third-order valence-corrected chi connectivity index (χ3v) is 4.26. The lowest BCUT2D eigenvalue weighted by atomic mass is 10.0. The van der Waals surface area contributed by atoms with Crippen LogP contribution in [0.2, 0.25) is 0 Å². The quantitative estimate of drug-likeness (QED) is 0.566. The molecule has 2 heterocycles. The molecule has 0 aliphatic heterocycles. The second-order valence-corrected chi connectivity index (χ2v) is 6.32. The summed E-state index contributed by atoms with van der Waals surface area (Å²) in [6.07, 6.45) is -3.09. The number of hydrogen-bond acceptors (Lipinski definition) is 6. The number of aryl methyl sites for hydroxylation is 1. The lowest BCUT2D eigenvalue weighted by Gasteiger charge is -2.12. The van der Waals surface area contributed by atoms with E-state index in [9.17, 15) is 13.2 Å². The third kappa shape index (κ3) is 3.64. The van der Waals surface area contributed by atoms with E-state index >= 15 is 0 Å². The topological polar surface area (TPSA) is 95.4 Å². The molecule has 29 heavy (non-hydrogen) atoms. The number of nitrogen functional groups attached to an aromatic ring is 1. The van der Waals surface area contributed by atoms with Crippen molar-refractivity contribution in [1.29, 1.82) is 0 Å². The van der Waals surface area contributed by atoms with E-state index in [1.165, 1.54) is 23.0 Å². The molecule has 0 atom stereocenters. The number of nitrogens with zero attached hydrogens (tertiary/aromatic N) is 6. The maximum Gasteiger partial charge on any atom is 0.416 e. The van der Waals surface area contributed by atoms with Gasteiger partial charge in [-0.1, -0.05) is 29.8 Å². The first kappa shape index (κ1) is 18.5. The van der Waals surface area contributed by atoms with Gasteiger partial charge in [0, 0.05) is 11.8 Å². The molecule has 146 valence electrons. The molecule has 7 nitrogen and oxygen atoms in total. The summed E-state index contributed by atoms with van der Waals surface area (Å²) in [5.41, 5.74) is 7.43. The van der Waals surface area contributed by atoms with Crippen LogP contribution in [0.25, 0.3) is 28.3 Å². The van der Waals surface area contributed by atoms with Gasteiger partial charge in [-0.2, -0.15) is 17.9 Å². The molecule has 0 bridgehead atoms. The molecule has 0 radical (unpaired) electrons. The first-order valence-electron chi connectivity index (χ1n) is 8.49. The summed E-state index contributed by atoms with van der Waals surface area (Å²) in [6, 6.07) is 12.3. The SMILES string of the molecule is Cc1ccc(-n2nnnc2-c2cnc(N)nc2-c2cccc(C(F)(F)F)c2)cc1. The van der Waals surface area contributed by atoms with Gasteiger partial charge in [-0.25, -0.2) is 9.97 Å². The Labute approximate surface area is 163 Å². The van der Waals surface area contributed by atoms with Crippen LogP contribution >= 0.6 is 0 Å². The Bertz CT molecular complexity index is 1170. The Morgan fingerprint density at radius 2 is 1.79 bits per heavy atom. The second-order valence-electron chi connectivity index (χ2n) is 6.32. The molecule has 0 amide bonds. The van der Waals surface area contributed by atoms with Crippen molar-refractivity contribution in [3.63, 3.8) is 0 Å². The molecule has 0 aliphatic carbocycles. The Hall–Kier alpha value is -3.82. The number of tetrazole rings is 1. The molecule has 0 fully saturated rings. The van der Waals surface area contributed by atoms with E-state index in [0.29, 0.717) is 11.3 Å². The van der Waals surface area contributed by atoms with Crippen molar-refractivity contribution in [3.8, 4) is 28.3 Å². The van der Waals surface area contributed by atoms with Crippen molar-refractivity contribution in [2.45, 2.75) is 13.1 Å². The van der Waals surface area contributed by atoms with Crippen molar-refractivity contribution in [2.75, 3.05) is 5.73 Å². The first-order chi connectivity index (χ1) is 13.8. The van der Waals surface area contributed by atoms with E-state index < -0.39 is 11.7 Å². The highest BCUT2D eigenvalue weighted by atomic mass is 19.4. The average molecular weight is 397 g/mol. The zero-order chi connectivity index (χ0) is 20.6. The van der Waals surface area contributed by atoms with Crippen molar-refractivity contribution >= 4 is 5.95 Å². The van der Waals surface area contributed by atoms with Crippen molar-refractivity contribution in [2.24, 2.45) is 0 Å². The summed E-state index contributed by atoms with van der Waals surface area (Å²) in [7, 11) is 0. The number of rotatable bonds is 3. The smallest absolute Gasteiger partial charge is 0.368 e. The highest BCUT2D eigenvalue weighted by Gasteiger charge is 2.31. The van der Waals surface area contributed by atoms with Crippen LogP contribution in [0.3, 0.4) is 0 Å². The van der Waals surface area contributed by atoms with E-state index in [0.717, 1.165) is 17.7 Å². The van der Waals surface area contributed by atoms with E-state index in [1.807, 2.05) is 31.2 Å². The molecule has 0 aliphatic rings. The minimum atomic E-state index is -4.49. The summed E-state index contributed by atoms with van der Waals surface area (Å²) in [4.78, 5) is 8.14. The molecule has 0 saturated heterocycles. The molecule has 0 spiro atoms. The predicted molar refractivity (Wildman–Crippen MR) is 99.8 cm³/mol. The highest BCUT2D eigenvalue weighted by Crippen LogP contribution is 2.35. The van der Waals surface area contributed by atoms with Crippen LogP contribution in [-0.2, 0) is 6.18 Å². The van der Waals surface area contributed by atoms with Gasteiger partial charge < -0.3 is 5.73 Å². The molecular weight excluding hydrogens is 383 g/mol. The van der Waals surface area contributed by atoms with Crippen LogP contribution < -0.4 is 5.73 Å². The van der Waals surface area contributed by atoms with Crippen LogP contribution in [0.1, 0.15) is 11.1 Å². The Morgan fingerprint density at radius 3 is 2.52 bits per heavy atom. The highest BCUT2D eigenvalue weighted by molar-refractivity contribution is 5.78. The van der Waals surface area contributed by atoms with Gasteiger partial charge in [-0.3, -0.25) is 0 Å². The lowest BCUT2D eigenvalue weighted by molar-refractivity contribution is -0.137. The number of halogens is 3. The summed E-state index contributed by atoms with van der Waals surface area (Å²) in [5, 5.41) is 11.7. The van der Waals surface area contributed by atoms with Crippen LogP contribution in [-0.4, -0.2) is 30.2 Å². The maximum absolute atomic E-state index is 13.2. The van der Waals surface area contributed by atoms with Gasteiger partial charge in [0.2, 0.25) is 5.95 Å². The fourth-order valence-corrected chi connectivity index (χ4v) is 2.84. The normalized spacial score (nSPS) is 11.6. The van der Waals surface area contributed by atoms with Gasteiger partial charge in [0.15, 0.2) is 5.82 Å². The zero-order valence-corrected chi connectivity index (χ0v) is 15.1. The van der Waals surface area contributed by atoms with Crippen molar-refractivity contribution in [3.05, 3.63) is 65.9 Å². The van der Waals surface area contributed by atoms with Crippen molar-refractivity contribution < 1.29 is 13.2 Å². The predicted octanol–water partition coefficient (Wildman–Crippen LogP) is 3.70. The van der Waals surface area contributed by atoms with Gasteiger partial charge in [-0.05, 0) is 41.6 Å². The molecule has 4 aromatic rings. The van der Waals surface area contributed by atoms with Crippen LogP contribution in [0.5, 0.6) is 0 Å². The third-order valence-electron chi connectivity index (χ3n) is 4.26.